The highest BCUT2D eigenvalue weighted by Gasteiger charge is 2.13. The Balaban J connectivity index is 1.90. The Morgan fingerprint density at radius 3 is 3.12 bits per heavy atom. The lowest BCUT2D eigenvalue weighted by molar-refractivity contribution is 0.632. The molecule has 2 heterocycles. The van der Waals surface area contributed by atoms with Gasteiger partial charge in [0.2, 0.25) is 5.95 Å². The molecular weight excluding hydrogens is 202 g/mol. The monoisotopic (exact) mass is 221 g/mol. The third kappa shape index (κ3) is 2.82. The fraction of sp³-hybridized carbons (Fsp3) is 0.636. The second kappa shape index (κ2) is 5.12. The van der Waals surface area contributed by atoms with E-state index in [2.05, 4.69) is 20.6 Å². The van der Waals surface area contributed by atoms with Crippen LogP contribution in [-0.2, 0) is 0 Å². The van der Waals surface area contributed by atoms with Gasteiger partial charge in [0, 0.05) is 32.9 Å². The highest BCUT2D eigenvalue weighted by molar-refractivity contribution is 5.40. The maximum absolute atomic E-state index is 4.41. The predicted molar refractivity (Wildman–Crippen MR) is 65.9 cm³/mol. The zero-order valence-electron chi connectivity index (χ0n) is 9.90. The summed E-state index contributed by atoms with van der Waals surface area (Å²) >= 11 is 0. The van der Waals surface area contributed by atoms with Gasteiger partial charge in [-0.05, 0) is 25.5 Å². The number of aromatic nitrogens is 2. The van der Waals surface area contributed by atoms with E-state index in [9.17, 15) is 0 Å². The first-order chi connectivity index (χ1) is 7.75. The summed E-state index contributed by atoms with van der Waals surface area (Å²) in [5.74, 6) is 1.64. The van der Waals surface area contributed by atoms with Gasteiger partial charge in [0.15, 0.2) is 0 Å². The molecule has 0 saturated carbocycles. The van der Waals surface area contributed by atoms with Crippen molar-refractivity contribution in [3.63, 3.8) is 0 Å². The van der Waals surface area contributed by atoms with Crippen LogP contribution in [-0.4, -0.2) is 43.2 Å². The van der Waals surface area contributed by atoms with Crippen LogP contribution >= 0.6 is 0 Å². The van der Waals surface area contributed by atoms with Crippen molar-refractivity contribution < 1.29 is 0 Å². The van der Waals surface area contributed by atoms with Crippen molar-refractivity contribution in [2.75, 3.05) is 37.4 Å². The molecule has 16 heavy (non-hydrogen) atoms. The van der Waals surface area contributed by atoms with E-state index in [0.717, 1.165) is 24.9 Å². The first-order valence-corrected chi connectivity index (χ1v) is 5.73. The minimum Gasteiger partial charge on any atom is -0.368 e. The minimum absolute atomic E-state index is 0.581. The Kier molecular flexibility index (Phi) is 3.56. The first-order valence-electron chi connectivity index (χ1n) is 5.73. The van der Waals surface area contributed by atoms with Gasteiger partial charge in [-0.25, -0.2) is 4.98 Å². The van der Waals surface area contributed by atoms with Crippen molar-refractivity contribution in [2.24, 2.45) is 0 Å². The zero-order valence-corrected chi connectivity index (χ0v) is 9.90. The van der Waals surface area contributed by atoms with Crippen LogP contribution in [0.5, 0.6) is 0 Å². The fourth-order valence-electron chi connectivity index (χ4n) is 1.82. The predicted octanol–water partition coefficient (Wildman–Crippen LogP) is 0.706. The van der Waals surface area contributed by atoms with E-state index in [4.69, 9.17) is 0 Å². The lowest BCUT2D eigenvalue weighted by Gasteiger charge is -2.14. The molecular formula is C11H19N5. The highest BCUT2D eigenvalue weighted by atomic mass is 15.2. The summed E-state index contributed by atoms with van der Waals surface area (Å²) in [6.07, 6.45) is 4.31. The second-order valence-electron chi connectivity index (χ2n) is 4.31. The van der Waals surface area contributed by atoms with Gasteiger partial charge in [0.1, 0.15) is 5.82 Å². The van der Waals surface area contributed by atoms with Crippen molar-refractivity contribution in [1.82, 2.24) is 15.3 Å². The molecule has 1 atom stereocenters. The van der Waals surface area contributed by atoms with E-state index in [1.807, 2.05) is 25.1 Å². The Bertz CT molecular complexity index is 333. The smallest absolute Gasteiger partial charge is 0.226 e. The molecule has 1 fully saturated rings. The summed E-state index contributed by atoms with van der Waals surface area (Å²) in [7, 11) is 3.88. The molecule has 2 rings (SSSR count). The largest absolute Gasteiger partial charge is 0.368 e. The van der Waals surface area contributed by atoms with Crippen molar-refractivity contribution in [2.45, 2.75) is 18.9 Å². The fourth-order valence-corrected chi connectivity index (χ4v) is 1.82. The number of hydrogen-bond donors (Lipinski definition) is 2. The Labute approximate surface area is 96.3 Å². The van der Waals surface area contributed by atoms with Gasteiger partial charge in [0.25, 0.3) is 0 Å². The quantitative estimate of drug-likeness (QED) is 0.784. The standard InChI is InChI=1S/C11H19N5/c1-16(2)11-13-7-5-10(15-11)14-8-9-4-3-6-12-9/h5,7,9,12H,3-4,6,8H2,1-2H3,(H,13,14,15). The van der Waals surface area contributed by atoms with Gasteiger partial charge in [-0.3, -0.25) is 0 Å². The maximum atomic E-state index is 4.41. The summed E-state index contributed by atoms with van der Waals surface area (Å²) in [5, 5.41) is 6.79. The molecule has 1 aromatic heterocycles. The molecule has 0 aliphatic carbocycles. The summed E-state index contributed by atoms with van der Waals surface area (Å²) in [4.78, 5) is 10.5. The Hall–Kier alpha value is -1.36. The van der Waals surface area contributed by atoms with Crippen LogP contribution in [0.2, 0.25) is 0 Å². The molecule has 1 saturated heterocycles. The summed E-state index contributed by atoms with van der Waals surface area (Å²) in [5.41, 5.74) is 0. The van der Waals surface area contributed by atoms with Crippen LogP contribution in [0.4, 0.5) is 11.8 Å². The average molecular weight is 221 g/mol. The molecule has 0 radical (unpaired) electrons. The SMILES string of the molecule is CN(C)c1nccc(NCC2CCCN2)n1. The number of hydrogen-bond acceptors (Lipinski definition) is 5. The zero-order chi connectivity index (χ0) is 11.4. The second-order valence-corrected chi connectivity index (χ2v) is 4.31. The molecule has 1 unspecified atom stereocenters. The van der Waals surface area contributed by atoms with Crippen LogP contribution in [0.3, 0.4) is 0 Å². The van der Waals surface area contributed by atoms with E-state index in [-0.39, 0.29) is 0 Å². The van der Waals surface area contributed by atoms with E-state index in [0.29, 0.717) is 6.04 Å². The molecule has 0 amide bonds. The molecule has 88 valence electrons. The highest BCUT2D eigenvalue weighted by Crippen LogP contribution is 2.10. The number of nitrogens with zero attached hydrogens (tertiary/aromatic N) is 3. The van der Waals surface area contributed by atoms with Crippen LogP contribution < -0.4 is 15.5 Å². The van der Waals surface area contributed by atoms with Gasteiger partial charge in [-0.1, -0.05) is 0 Å². The normalized spacial score (nSPS) is 19.8. The molecule has 0 aromatic carbocycles. The maximum Gasteiger partial charge on any atom is 0.226 e. The average Bonchev–Trinajstić information content (AvgIpc) is 2.79. The summed E-state index contributed by atoms with van der Waals surface area (Å²) in [6, 6.07) is 2.49. The van der Waals surface area contributed by atoms with E-state index < -0.39 is 0 Å². The molecule has 0 bridgehead atoms. The van der Waals surface area contributed by atoms with Crippen molar-refractivity contribution in [1.29, 1.82) is 0 Å². The third-order valence-corrected chi connectivity index (χ3v) is 2.73. The molecule has 5 nitrogen and oxygen atoms in total. The van der Waals surface area contributed by atoms with Gasteiger partial charge < -0.3 is 15.5 Å². The summed E-state index contributed by atoms with van der Waals surface area (Å²) < 4.78 is 0. The topological polar surface area (TPSA) is 53.1 Å². The molecule has 0 spiro atoms. The number of nitrogens with one attached hydrogen (secondary N) is 2. The van der Waals surface area contributed by atoms with Gasteiger partial charge in [-0.2, -0.15) is 4.98 Å². The van der Waals surface area contributed by atoms with Crippen LogP contribution in [0.25, 0.3) is 0 Å². The molecule has 5 heteroatoms. The van der Waals surface area contributed by atoms with Gasteiger partial charge in [-0.15, -0.1) is 0 Å². The number of anilines is 2. The molecule has 1 aliphatic heterocycles. The lowest BCUT2D eigenvalue weighted by atomic mass is 10.2. The van der Waals surface area contributed by atoms with Crippen LogP contribution in [0.15, 0.2) is 12.3 Å². The number of rotatable bonds is 4. The van der Waals surface area contributed by atoms with Crippen molar-refractivity contribution >= 4 is 11.8 Å². The van der Waals surface area contributed by atoms with Crippen LogP contribution in [0.1, 0.15) is 12.8 Å². The molecule has 2 N–H and O–H groups in total. The van der Waals surface area contributed by atoms with E-state index >= 15 is 0 Å². The Morgan fingerprint density at radius 1 is 1.56 bits per heavy atom. The van der Waals surface area contributed by atoms with Crippen molar-refractivity contribution in [3.8, 4) is 0 Å². The Morgan fingerprint density at radius 2 is 2.44 bits per heavy atom. The van der Waals surface area contributed by atoms with Crippen molar-refractivity contribution in [3.05, 3.63) is 12.3 Å². The minimum atomic E-state index is 0.581. The van der Waals surface area contributed by atoms with Crippen LogP contribution in [0, 0.1) is 0 Å². The lowest BCUT2D eigenvalue weighted by Crippen LogP contribution is -2.29. The van der Waals surface area contributed by atoms with Gasteiger partial charge >= 0.3 is 0 Å². The van der Waals surface area contributed by atoms with E-state index in [1.54, 1.807) is 6.20 Å². The molecule has 1 aromatic rings. The van der Waals surface area contributed by atoms with Gasteiger partial charge in [0.05, 0.1) is 0 Å². The molecule has 1 aliphatic rings. The third-order valence-electron chi connectivity index (χ3n) is 2.73. The van der Waals surface area contributed by atoms with E-state index in [1.165, 1.54) is 12.8 Å². The first kappa shape index (κ1) is 11.1. The summed E-state index contributed by atoms with van der Waals surface area (Å²) in [6.45, 7) is 2.07.